The third kappa shape index (κ3) is 3.32. The van der Waals surface area contributed by atoms with E-state index in [0.717, 1.165) is 17.5 Å². The number of nitrogens with zero attached hydrogens (tertiary/aromatic N) is 3. The van der Waals surface area contributed by atoms with Crippen molar-refractivity contribution in [2.24, 2.45) is 17.8 Å². The largest absolute Gasteiger partial charge is 0.295 e. The van der Waals surface area contributed by atoms with Crippen LogP contribution in [0.25, 0.3) is 0 Å². The molecule has 0 spiro atoms. The number of carbonyl (C=O) groups excluding carboxylic acids is 2. The van der Waals surface area contributed by atoms with Gasteiger partial charge in [-0.15, -0.1) is 0 Å². The standard InChI is InChI=1S/C25H27N3O2/c1-16(2)13-20-21-22(23(27(20)3)19-12-8-7-11-18(19)14-26)25(30)28(24(21)29)15-17-9-5-4-6-10-17/h4-12,16,20-23H,13,15H2,1-3H3. The number of fused-ring (bicyclic) bond motifs is 1. The van der Waals surface area contributed by atoms with Crippen molar-refractivity contribution in [1.29, 1.82) is 5.26 Å². The summed E-state index contributed by atoms with van der Waals surface area (Å²) in [7, 11) is 1.99. The highest BCUT2D eigenvalue weighted by Crippen LogP contribution is 2.51. The molecule has 2 aromatic carbocycles. The van der Waals surface area contributed by atoms with E-state index in [-0.39, 0.29) is 29.8 Å². The van der Waals surface area contributed by atoms with Gasteiger partial charge in [-0.2, -0.15) is 5.26 Å². The molecule has 0 bridgehead atoms. The van der Waals surface area contributed by atoms with Crippen molar-refractivity contribution in [3.63, 3.8) is 0 Å². The van der Waals surface area contributed by atoms with Crippen molar-refractivity contribution in [2.45, 2.75) is 38.9 Å². The van der Waals surface area contributed by atoms with Crippen LogP contribution in [0.1, 0.15) is 43.0 Å². The topological polar surface area (TPSA) is 64.4 Å². The predicted molar refractivity (Wildman–Crippen MR) is 114 cm³/mol. The van der Waals surface area contributed by atoms with E-state index in [2.05, 4.69) is 24.8 Å². The molecule has 5 heteroatoms. The van der Waals surface area contributed by atoms with Gasteiger partial charge in [-0.3, -0.25) is 19.4 Å². The molecule has 154 valence electrons. The zero-order chi connectivity index (χ0) is 21.4. The van der Waals surface area contributed by atoms with Gasteiger partial charge in [0.2, 0.25) is 11.8 Å². The van der Waals surface area contributed by atoms with E-state index in [1.807, 2.05) is 55.6 Å². The number of imide groups is 1. The first-order valence-electron chi connectivity index (χ1n) is 10.5. The van der Waals surface area contributed by atoms with Gasteiger partial charge >= 0.3 is 0 Å². The van der Waals surface area contributed by atoms with E-state index >= 15 is 0 Å². The molecular weight excluding hydrogens is 374 g/mol. The van der Waals surface area contributed by atoms with Crippen LogP contribution in [0, 0.1) is 29.1 Å². The molecule has 2 aliphatic rings. The highest BCUT2D eigenvalue weighted by Gasteiger charge is 2.61. The Labute approximate surface area is 177 Å². The number of hydrogen-bond acceptors (Lipinski definition) is 4. The summed E-state index contributed by atoms with van der Waals surface area (Å²) in [5.74, 6) is -0.628. The van der Waals surface area contributed by atoms with Crippen LogP contribution < -0.4 is 0 Å². The minimum Gasteiger partial charge on any atom is -0.295 e. The number of carbonyl (C=O) groups is 2. The van der Waals surface area contributed by atoms with Crippen molar-refractivity contribution in [1.82, 2.24) is 9.80 Å². The molecule has 4 unspecified atom stereocenters. The maximum absolute atomic E-state index is 13.6. The van der Waals surface area contributed by atoms with Gasteiger partial charge < -0.3 is 0 Å². The van der Waals surface area contributed by atoms with Crippen LogP contribution in [0.5, 0.6) is 0 Å². The molecule has 2 saturated heterocycles. The lowest BCUT2D eigenvalue weighted by molar-refractivity contribution is -0.142. The van der Waals surface area contributed by atoms with Gasteiger partial charge in [-0.1, -0.05) is 62.4 Å². The molecule has 4 atom stereocenters. The lowest BCUT2D eigenvalue weighted by Crippen LogP contribution is -2.40. The Bertz CT molecular complexity index is 995. The van der Waals surface area contributed by atoms with Crippen LogP contribution in [-0.4, -0.2) is 34.7 Å². The molecule has 2 fully saturated rings. The van der Waals surface area contributed by atoms with Crippen molar-refractivity contribution in [3.05, 3.63) is 71.3 Å². The summed E-state index contributed by atoms with van der Waals surface area (Å²) in [5.41, 5.74) is 2.36. The van der Waals surface area contributed by atoms with Crippen LogP contribution in [0.15, 0.2) is 54.6 Å². The highest BCUT2D eigenvalue weighted by molar-refractivity contribution is 6.06. The molecular formula is C25H27N3O2. The molecule has 2 aromatic rings. The lowest BCUT2D eigenvalue weighted by Gasteiger charge is -2.31. The Hall–Kier alpha value is -2.97. The number of hydrogen-bond donors (Lipinski definition) is 0. The second-order valence-corrected chi connectivity index (χ2v) is 8.81. The molecule has 2 heterocycles. The summed E-state index contributed by atoms with van der Waals surface area (Å²) >= 11 is 0. The smallest absolute Gasteiger partial charge is 0.235 e. The number of nitriles is 1. The monoisotopic (exact) mass is 401 g/mol. The zero-order valence-corrected chi connectivity index (χ0v) is 17.7. The average Bonchev–Trinajstić information content (AvgIpc) is 3.15. The fourth-order valence-electron chi connectivity index (χ4n) is 5.21. The minimum atomic E-state index is -0.454. The van der Waals surface area contributed by atoms with Gasteiger partial charge in [0.25, 0.3) is 0 Å². The molecule has 0 aromatic heterocycles. The SMILES string of the molecule is CC(C)CC1C2C(=O)N(Cc3ccccc3)C(=O)C2C(c2ccccc2C#N)N1C. The maximum Gasteiger partial charge on any atom is 0.235 e. The third-order valence-electron chi connectivity index (χ3n) is 6.50. The number of rotatable bonds is 5. The van der Waals surface area contributed by atoms with E-state index in [1.165, 1.54) is 4.90 Å². The Kier molecular flexibility index (Phi) is 5.44. The average molecular weight is 402 g/mol. The maximum atomic E-state index is 13.6. The summed E-state index contributed by atoms with van der Waals surface area (Å²) in [6.45, 7) is 4.58. The molecule has 0 N–H and O–H groups in total. The van der Waals surface area contributed by atoms with Gasteiger partial charge in [-0.05, 0) is 36.6 Å². The Morgan fingerprint density at radius 3 is 2.27 bits per heavy atom. The minimum absolute atomic E-state index is 0.0241. The van der Waals surface area contributed by atoms with Gasteiger partial charge in [0.15, 0.2) is 0 Å². The zero-order valence-electron chi connectivity index (χ0n) is 17.7. The molecule has 2 aliphatic heterocycles. The van der Waals surface area contributed by atoms with E-state index in [1.54, 1.807) is 6.07 Å². The van der Waals surface area contributed by atoms with Crippen LogP contribution in [-0.2, 0) is 16.1 Å². The van der Waals surface area contributed by atoms with Crippen molar-refractivity contribution >= 4 is 11.8 Å². The molecule has 5 nitrogen and oxygen atoms in total. The Balaban J connectivity index is 1.75. The first-order valence-corrected chi connectivity index (χ1v) is 10.5. The van der Waals surface area contributed by atoms with Crippen LogP contribution in [0.3, 0.4) is 0 Å². The van der Waals surface area contributed by atoms with Crippen molar-refractivity contribution < 1.29 is 9.59 Å². The van der Waals surface area contributed by atoms with E-state index < -0.39 is 5.92 Å². The Morgan fingerprint density at radius 2 is 1.60 bits per heavy atom. The van der Waals surface area contributed by atoms with Crippen LogP contribution in [0.2, 0.25) is 0 Å². The van der Waals surface area contributed by atoms with Crippen LogP contribution >= 0.6 is 0 Å². The van der Waals surface area contributed by atoms with Gasteiger partial charge in [0.05, 0.1) is 30.0 Å². The molecule has 2 amide bonds. The van der Waals surface area contributed by atoms with Crippen LogP contribution in [0.4, 0.5) is 0 Å². The Morgan fingerprint density at radius 1 is 0.967 bits per heavy atom. The van der Waals surface area contributed by atoms with Gasteiger partial charge in [0, 0.05) is 12.1 Å². The first-order chi connectivity index (χ1) is 14.4. The summed E-state index contributed by atoms with van der Waals surface area (Å²) < 4.78 is 0. The summed E-state index contributed by atoms with van der Waals surface area (Å²) in [5, 5.41) is 9.65. The van der Waals surface area contributed by atoms with E-state index in [0.29, 0.717) is 18.0 Å². The fraction of sp³-hybridized carbons (Fsp3) is 0.400. The number of benzene rings is 2. The number of amides is 2. The molecule has 4 rings (SSSR count). The predicted octanol–water partition coefficient (Wildman–Crippen LogP) is 3.76. The lowest BCUT2D eigenvalue weighted by atomic mass is 9.83. The quantitative estimate of drug-likeness (QED) is 0.716. The fourth-order valence-corrected chi connectivity index (χ4v) is 5.21. The molecule has 0 saturated carbocycles. The van der Waals surface area contributed by atoms with Crippen molar-refractivity contribution in [2.75, 3.05) is 7.05 Å². The molecule has 0 radical (unpaired) electrons. The second kappa shape index (κ2) is 8.04. The molecule has 30 heavy (non-hydrogen) atoms. The van der Waals surface area contributed by atoms with Gasteiger partial charge in [0.1, 0.15) is 0 Å². The second-order valence-electron chi connectivity index (χ2n) is 8.81. The summed E-state index contributed by atoms with van der Waals surface area (Å²) in [6, 6.07) is 19.1. The summed E-state index contributed by atoms with van der Waals surface area (Å²) in [4.78, 5) is 30.6. The van der Waals surface area contributed by atoms with Gasteiger partial charge in [-0.25, -0.2) is 0 Å². The van der Waals surface area contributed by atoms with Crippen molar-refractivity contribution in [3.8, 4) is 6.07 Å². The van der Waals surface area contributed by atoms with E-state index in [9.17, 15) is 14.9 Å². The third-order valence-corrected chi connectivity index (χ3v) is 6.50. The van der Waals surface area contributed by atoms with E-state index in [4.69, 9.17) is 0 Å². The summed E-state index contributed by atoms with van der Waals surface area (Å²) in [6.07, 6.45) is 0.834. The molecule has 0 aliphatic carbocycles. The normalized spacial score (nSPS) is 26.3. The first kappa shape index (κ1) is 20.3. The number of likely N-dealkylation sites (tertiary alicyclic amines) is 2. The highest BCUT2D eigenvalue weighted by atomic mass is 16.2.